The van der Waals surface area contributed by atoms with E-state index in [1.165, 1.54) is 105 Å². The Balaban J connectivity index is 0.000000236. The Morgan fingerprint density at radius 1 is 0.473 bits per heavy atom. The van der Waals surface area contributed by atoms with Crippen molar-refractivity contribution in [3.05, 3.63) is 132 Å². The van der Waals surface area contributed by atoms with Gasteiger partial charge in [0.2, 0.25) is 0 Å². The standard InChI is InChI=1S/C21H21P.C20H32NP.C9H21P.Ru/c1-4-10-19(11-5-1)16-22(17-20-12-6-2-7-13-20)18-21-14-8-3-9-15-21;1-21(2)17-13-15-20(16-14-17)22(18-9-5-3-6-10-18)19-11-7-4-8-12-19;1-7(2)10(8(3)4)9(5)6;/h1-15H,16-18H2;13-16,18-19H,3-12H2,1-2H3;7-9H,1-6H3;/p+3. The second-order valence-corrected chi connectivity index (χ2v) is 27.4. The first-order valence-corrected chi connectivity index (χ1v) is 27.1. The third-order valence-electron chi connectivity index (χ3n) is 11.7. The van der Waals surface area contributed by atoms with Crippen molar-refractivity contribution >= 4 is 34.8 Å². The third kappa shape index (κ3) is 17.2. The van der Waals surface area contributed by atoms with E-state index in [-0.39, 0.29) is 35.3 Å². The smallest absolute Gasteiger partial charge is 0.0922 e. The topological polar surface area (TPSA) is 3.24 Å². The first kappa shape index (κ1) is 48.0. The molecule has 4 aromatic rings. The van der Waals surface area contributed by atoms with Crippen LogP contribution in [0.1, 0.15) is 122 Å². The zero-order valence-corrected chi connectivity index (χ0v) is 40.6. The molecule has 0 heterocycles. The molecule has 0 aromatic heterocycles. The van der Waals surface area contributed by atoms with Gasteiger partial charge in [0, 0.05) is 63.0 Å². The molecule has 302 valence electrons. The molecule has 2 saturated carbocycles. The van der Waals surface area contributed by atoms with Crippen molar-refractivity contribution in [3.8, 4) is 0 Å². The van der Waals surface area contributed by atoms with E-state index in [0.717, 1.165) is 28.3 Å². The molecule has 5 heteroatoms. The molecular weight excluding hydrogens is 809 g/mol. The van der Waals surface area contributed by atoms with Crippen molar-refractivity contribution in [1.29, 1.82) is 0 Å². The fourth-order valence-electron chi connectivity index (χ4n) is 9.43. The van der Waals surface area contributed by atoms with Gasteiger partial charge >= 0.3 is 0 Å². The summed E-state index contributed by atoms with van der Waals surface area (Å²) in [5.41, 5.74) is 10.7. The van der Waals surface area contributed by atoms with E-state index >= 15 is 0 Å². The van der Waals surface area contributed by atoms with Crippen LogP contribution in [0.5, 0.6) is 0 Å². The Morgan fingerprint density at radius 3 is 1.07 bits per heavy atom. The first-order chi connectivity index (χ1) is 26.1. The summed E-state index contributed by atoms with van der Waals surface area (Å²) >= 11 is 0. The minimum absolute atomic E-state index is 0. The monoisotopic (exact) mass is 886 g/mol. The summed E-state index contributed by atoms with van der Waals surface area (Å²) in [6, 6.07) is 42.5. The van der Waals surface area contributed by atoms with Crippen LogP contribution in [0.15, 0.2) is 115 Å². The predicted molar refractivity (Wildman–Crippen MR) is 255 cm³/mol. The molecule has 2 aliphatic carbocycles. The molecule has 0 saturated heterocycles. The van der Waals surface area contributed by atoms with Gasteiger partial charge in [0.05, 0.1) is 52.1 Å². The molecular formula is C50H77NP3Ru+3. The summed E-state index contributed by atoms with van der Waals surface area (Å²) in [5.74, 6) is 0. The maximum Gasteiger partial charge on any atom is 0.0922 e. The van der Waals surface area contributed by atoms with Crippen molar-refractivity contribution < 1.29 is 19.5 Å². The molecule has 4 aromatic carbocycles. The van der Waals surface area contributed by atoms with Gasteiger partial charge in [-0.3, -0.25) is 0 Å². The fraction of sp³-hybridized carbons (Fsp3) is 0.520. The molecule has 0 bridgehead atoms. The van der Waals surface area contributed by atoms with E-state index < -0.39 is 7.92 Å². The van der Waals surface area contributed by atoms with Gasteiger partial charge in [-0.15, -0.1) is 0 Å². The van der Waals surface area contributed by atoms with Crippen LogP contribution >= 0.6 is 23.8 Å². The maximum absolute atomic E-state index is 2.48. The minimum atomic E-state index is -0.502. The fourth-order valence-corrected chi connectivity index (χ4v) is 20.5. The van der Waals surface area contributed by atoms with Crippen LogP contribution in [-0.2, 0) is 38.0 Å². The van der Waals surface area contributed by atoms with Crippen LogP contribution in [0.3, 0.4) is 0 Å². The van der Waals surface area contributed by atoms with Gasteiger partial charge in [-0.05, 0) is 134 Å². The predicted octanol–water partition coefficient (Wildman–Crippen LogP) is 14.5. The number of nitrogens with zero attached hydrogens (tertiary/aromatic N) is 1. The number of benzene rings is 4. The van der Waals surface area contributed by atoms with E-state index in [1.807, 2.05) is 0 Å². The molecule has 6 rings (SSSR count). The molecule has 0 radical (unpaired) electrons. The van der Waals surface area contributed by atoms with Crippen molar-refractivity contribution in [2.24, 2.45) is 0 Å². The molecule has 0 atom stereocenters. The molecule has 1 nitrogen and oxygen atoms in total. The van der Waals surface area contributed by atoms with Crippen molar-refractivity contribution in [2.75, 3.05) is 19.0 Å². The van der Waals surface area contributed by atoms with Gasteiger partial charge in [-0.2, -0.15) is 0 Å². The van der Waals surface area contributed by atoms with Crippen LogP contribution in [0.2, 0.25) is 0 Å². The van der Waals surface area contributed by atoms with Crippen LogP contribution in [0.4, 0.5) is 5.69 Å². The van der Waals surface area contributed by atoms with Gasteiger partial charge in [-0.1, -0.05) is 104 Å². The minimum Gasteiger partial charge on any atom is -0.378 e. The SMILES string of the molecule is CC(C)[PH+](C(C)C)C(C)C.CN(C)c1ccc([PH+](C2CCCCC2)C2CCCCC2)cc1.[Ru].c1ccc(C[PH+](Cc2ccccc2)Cc2ccccc2)cc1. The molecule has 2 aliphatic rings. The van der Waals surface area contributed by atoms with Gasteiger partial charge in [0.25, 0.3) is 0 Å². The second-order valence-electron chi connectivity index (χ2n) is 17.3. The normalized spacial score (nSPS) is 15.1. The van der Waals surface area contributed by atoms with Crippen LogP contribution in [-0.4, -0.2) is 42.4 Å². The molecule has 0 unspecified atom stereocenters. The third-order valence-corrected chi connectivity index (χ3v) is 22.3. The van der Waals surface area contributed by atoms with E-state index in [9.17, 15) is 0 Å². The van der Waals surface area contributed by atoms with E-state index in [2.05, 4.69) is 176 Å². The average Bonchev–Trinajstić information content (AvgIpc) is 3.17. The Kier molecular flexibility index (Phi) is 23.2. The average molecular weight is 886 g/mol. The van der Waals surface area contributed by atoms with Crippen LogP contribution in [0.25, 0.3) is 0 Å². The molecule has 0 aliphatic heterocycles. The van der Waals surface area contributed by atoms with E-state index in [0.29, 0.717) is 0 Å². The Bertz CT molecular complexity index is 1380. The molecule has 0 N–H and O–H groups in total. The van der Waals surface area contributed by atoms with Crippen LogP contribution < -0.4 is 10.2 Å². The maximum atomic E-state index is 2.48. The molecule has 0 amide bonds. The Hall–Kier alpha value is -1.41. The zero-order valence-electron chi connectivity index (χ0n) is 35.8. The van der Waals surface area contributed by atoms with Crippen molar-refractivity contribution in [1.82, 2.24) is 0 Å². The van der Waals surface area contributed by atoms with E-state index in [4.69, 9.17) is 0 Å². The Labute approximate surface area is 355 Å². The summed E-state index contributed by atoms with van der Waals surface area (Å²) in [6.45, 7) is 14.2. The number of anilines is 1. The summed E-state index contributed by atoms with van der Waals surface area (Å²) in [7, 11) is 3.30. The van der Waals surface area contributed by atoms with Gasteiger partial charge < -0.3 is 4.90 Å². The van der Waals surface area contributed by atoms with Gasteiger partial charge in [-0.25, -0.2) is 0 Å². The van der Waals surface area contributed by atoms with Crippen LogP contribution in [0, 0.1) is 0 Å². The number of hydrogen-bond donors (Lipinski definition) is 0. The molecule has 55 heavy (non-hydrogen) atoms. The second kappa shape index (κ2) is 26.6. The summed E-state index contributed by atoms with van der Waals surface area (Å²) in [6.07, 6.45) is 18.7. The quantitative estimate of drug-likeness (QED) is 0.0955. The first-order valence-electron chi connectivity index (χ1n) is 21.6. The van der Waals surface area contributed by atoms with Gasteiger partial charge in [0.1, 0.15) is 0 Å². The largest absolute Gasteiger partial charge is 0.378 e. The van der Waals surface area contributed by atoms with E-state index in [1.54, 1.807) is 5.30 Å². The Morgan fingerprint density at radius 2 is 0.800 bits per heavy atom. The zero-order chi connectivity index (χ0) is 38.7. The number of hydrogen-bond acceptors (Lipinski definition) is 1. The number of rotatable bonds is 13. The van der Waals surface area contributed by atoms with Gasteiger partial charge in [0.15, 0.2) is 0 Å². The summed E-state index contributed by atoms with van der Waals surface area (Å²) in [5, 5.41) is 1.73. The summed E-state index contributed by atoms with van der Waals surface area (Å²) < 4.78 is 0. The van der Waals surface area contributed by atoms with Crippen molar-refractivity contribution in [3.63, 3.8) is 0 Å². The molecule has 0 spiro atoms. The molecule has 2 fully saturated rings. The summed E-state index contributed by atoms with van der Waals surface area (Å²) in [4.78, 5) is 2.22. The van der Waals surface area contributed by atoms with Crippen molar-refractivity contribution in [2.45, 2.75) is 153 Å².